The predicted molar refractivity (Wildman–Crippen MR) is 27.1 cm³/mol. The molecule has 0 aromatic carbocycles. The van der Waals surface area contributed by atoms with E-state index in [0.29, 0.717) is 0 Å². The van der Waals surface area contributed by atoms with Gasteiger partial charge in [0, 0.05) is 0 Å². The Hall–Kier alpha value is -0.450. The monoisotopic (exact) mass is 178 g/mol. The first-order valence-corrected chi connectivity index (χ1v) is 2.55. The van der Waals surface area contributed by atoms with Gasteiger partial charge in [0.2, 0.25) is 0 Å². The van der Waals surface area contributed by atoms with Gasteiger partial charge in [-0.25, -0.2) is 0 Å². The summed E-state index contributed by atoms with van der Waals surface area (Å²) in [6.07, 6.45) is -4.53. The highest BCUT2D eigenvalue weighted by Crippen LogP contribution is 2.16. The zero-order valence-electron chi connectivity index (χ0n) is 4.58. The van der Waals surface area contributed by atoms with Gasteiger partial charge < -0.3 is 4.74 Å². The molecular weight excluding hydrogens is 175 g/mol. The minimum atomic E-state index is -4.53. The van der Waals surface area contributed by atoms with Crippen molar-refractivity contribution in [3.63, 3.8) is 0 Å². The lowest BCUT2D eigenvalue weighted by Gasteiger charge is -2.05. The highest BCUT2D eigenvalue weighted by Gasteiger charge is 2.28. The summed E-state index contributed by atoms with van der Waals surface area (Å²) < 4.78 is 48.7. The molecule has 0 heterocycles. The Morgan fingerprint density at radius 1 is 1.50 bits per heavy atom. The lowest BCUT2D eigenvalue weighted by atomic mass is 10.7. The smallest absolute Gasteiger partial charge is 0.422 e. The number of halogens is 5. The Morgan fingerprint density at radius 2 is 2.00 bits per heavy atom. The molecule has 0 aliphatic rings. The summed E-state index contributed by atoms with van der Waals surface area (Å²) in [7, 11) is 0. The van der Waals surface area contributed by atoms with E-state index in [2.05, 4.69) is 16.3 Å². The minimum Gasteiger partial charge on any atom is -0.461 e. The van der Waals surface area contributed by atoms with Gasteiger partial charge in [-0.1, -0.05) is 11.6 Å². The molecule has 0 saturated heterocycles. The molecule has 0 amide bonds. The summed E-state index contributed by atoms with van der Waals surface area (Å²) in [5, 5.41) is 0. The van der Waals surface area contributed by atoms with Crippen LogP contribution < -0.4 is 0 Å². The molecule has 0 bridgehead atoms. The Labute approximate surface area is 59.2 Å². The molecule has 0 aromatic rings. The highest BCUT2D eigenvalue weighted by molar-refractivity contribution is 6.25. The molecular formula is C4H3ClF4O. The van der Waals surface area contributed by atoms with Crippen LogP contribution >= 0.6 is 11.6 Å². The average molecular weight is 179 g/mol. The SMILES string of the molecule is FC(=CCl)OCC(F)(F)F. The molecule has 1 nitrogen and oxygen atoms in total. The quantitative estimate of drug-likeness (QED) is 0.467. The molecule has 60 valence electrons. The number of ether oxygens (including phenoxy) is 1. The van der Waals surface area contributed by atoms with Gasteiger partial charge >= 0.3 is 6.18 Å². The largest absolute Gasteiger partial charge is 0.461 e. The van der Waals surface area contributed by atoms with Crippen LogP contribution in [-0.2, 0) is 4.74 Å². The van der Waals surface area contributed by atoms with Crippen molar-refractivity contribution in [2.24, 2.45) is 0 Å². The topological polar surface area (TPSA) is 9.23 Å². The first-order chi connectivity index (χ1) is 4.45. The number of rotatable bonds is 2. The van der Waals surface area contributed by atoms with Gasteiger partial charge in [0.25, 0.3) is 6.01 Å². The summed E-state index contributed by atoms with van der Waals surface area (Å²) in [6.45, 7) is -1.66. The Kier molecular flexibility index (Phi) is 3.49. The predicted octanol–water partition coefficient (Wildman–Crippen LogP) is 2.57. The van der Waals surface area contributed by atoms with Crippen LogP contribution in [0.4, 0.5) is 17.6 Å². The van der Waals surface area contributed by atoms with Gasteiger partial charge in [-0.15, -0.1) is 0 Å². The molecule has 0 aromatic heterocycles. The van der Waals surface area contributed by atoms with E-state index in [0.717, 1.165) is 0 Å². The fourth-order valence-electron chi connectivity index (χ4n) is 0.182. The maximum Gasteiger partial charge on any atom is 0.422 e. The van der Waals surface area contributed by atoms with Crippen molar-refractivity contribution in [2.75, 3.05) is 6.61 Å². The second-order valence-electron chi connectivity index (χ2n) is 1.32. The van der Waals surface area contributed by atoms with Crippen LogP contribution in [0.3, 0.4) is 0 Å². The molecule has 0 aliphatic carbocycles. The molecule has 10 heavy (non-hydrogen) atoms. The second-order valence-corrected chi connectivity index (χ2v) is 1.54. The number of alkyl halides is 3. The molecule has 0 fully saturated rings. The van der Waals surface area contributed by atoms with Crippen molar-refractivity contribution in [3.8, 4) is 0 Å². The molecule has 0 saturated carbocycles. The zero-order valence-corrected chi connectivity index (χ0v) is 5.34. The fraction of sp³-hybridized carbons (Fsp3) is 0.500. The lowest BCUT2D eigenvalue weighted by Crippen LogP contribution is -2.15. The summed E-state index contributed by atoms with van der Waals surface area (Å²) in [4.78, 5) is 0. The zero-order chi connectivity index (χ0) is 8.20. The number of hydrogen-bond donors (Lipinski definition) is 0. The van der Waals surface area contributed by atoms with Gasteiger partial charge in [0.05, 0.1) is 5.54 Å². The molecule has 0 atom stereocenters. The first-order valence-electron chi connectivity index (χ1n) is 2.11. The van der Waals surface area contributed by atoms with E-state index >= 15 is 0 Å². The molecule has 0 unspecified atom stereocenters. The summed E-state index contributed by atoms with van der Waals surface area (Å²) >= 11 is 4.65. The third-order valence-corrected chi connectivity index (χ3v) is 0.631. The molecule has 0 rings (SSSR count). The Morgan fingerprint density at radius 3 is 2.30 bits per heavy atom. The van der Waals surface area contributed by atoms with Crippen molar-refractivity contribution in [1.82, 2.24) is 0 Å². The highest BCUT2D eigenvalue weighted by atomic mass is 35.5. The maximum atomic E-state index is 11.7. The van der Waals surface area contributed by atoms with Gasteiger partial charge in [-0.05, 0) is 0 Å². The van der Waals surface area contributed by atoms with Gasteiger partial charge in [-0.3, -0.25) is 0 Å². The van der Waals surface area contributed by atoms with Gasteiger partial charge in [0.15, 0.2) is 6.61 Å². The second kappa shape index (κ2) is 3.65. The minimum absolute atomic E-state index is 0.283. The van der Waals surface area contributed by atoms with Gasteiger partial charge in [0.1, 0.15) is 0 Å². The Bertz CT molecular complexity index is 130. The van der Waals surface area contributed by atoms with E-state index in [1.807, 2.05) is 0 Å². The molecule has 0 spiro atoms. The molecule has 0 aliphatic heterocycles. The summed E-state index contributed by atoms with van der Waals surface area (Å²) in [6, 6.07) is -1.45. The van der Waals surface area contributed by atoms with Crippen LogP contribution in [-0.4, -0.2) is 12.8 Å². The van der Waals surface area contributed by atoms with Crippen LogP contribution in [0.5, 0.6) is 0 Å². The van der Waals surface area contributed by atoms with E-state index in [4.69, 9.17) is 0 Å². The van der Waals surface area contributed by atoms with E-state index in [9.17, 15) is 17.6 Å². The normalized spacial score (nSPS) is 13.5. The molecule has 6 heteroatoms. The van der Waals surface area contributed by atoms with Crippen LogP contribution in [0.25, 0.3) is 0 Å². The molecule has 0 radical (unpaired) electrons. The lowest BCUT2D eigenvalue weighted by molar-refractivity contribution is -0.169. The van der Waals surface area contributed by atoms with Crippen molar-refractivity contribution in [3.05, 3.63) is 11.5 Å². The third-order valence-electron chi connectivity index (χ3n) is 0.460. The first kappa shape index (κ1) is 9.55. The fourth-order valence-corrected chi connectivity index (χ4v) is 0.245. The van der Waals surface area contributed by atoms with Crippen molar-refractivity contribution < 1.29 is 22.3 Å². The third kappa shape index (κ3) is 5.68. The standard InChI is InChI=1S/C4H3ClF4O/c5-1-3(6)10-2-4(7,8)9/h1H,2H2. The maximum absolute atomic E-state index is 11.7. The summed E-state index contributed by atoms with van der Waals surface area (Å²) in [5.74, 6) is 0. The van der Waals surface area contributed by atoms with E-state index in [1.165, 1.54) is 0 Å². The van der Waals surface area contributed by atoms with Crippen molar-refractivity contribution in [1.29, 1.82) is 0 Å². The van der Waals surface area contributed by atoms with E-state index in [1.54, 1.807) is 0 Å². The van der Waals surface area contributed by atoms with E-state index in [-0.39, 0.29) is 5.54 Å². The summed E-state index contributed by atoms with van der Waals surface area (Å²) in [5.41, 5.74) is 0.283. The number of hydrogen-bond acceptors (Lipinski definition) is 1. The van der Waals surface area contributed by atoms with Crippen molar-refractivity contribution in [2.45, 2.75) is 6.18 Å². The van der Waals surface area contributed by atoms with Crippen LogP contribution in [0.2, 0.25) is 0 Å². The van der Waals surface area contributed by atoms with Crippen LogP contribution in [0.15, 0.2) is 11.5 Å². The molecule has 0 N–H and O–H groups in total. The Balaban J connectivity index is 3.56. The van der Waals surface area contributed by atoms with E-state index < -0.39 is 18.8 Å². The van der Waals surface area contributed by atoms with Crippen molar-refractivity contribution >= 4 is 11.6 Å². The van der Waals surface area contributed by atoms with Gasteiger partial charge in [-0.2, -0.15) is 17.6 Å². The van der Waals surface area contributed by atoms with Crippen LogP contribution in [0.1, 0.15) is 0 Å². The van der Waals surface area contributed by atoms with Crippen LogP contribution in [0, 0.1) is 0 Å². The average Bonchev–Trinajstić information content (AvgIpc) is 1.81.